The highest BCUT2D eigenvalue weighted by atomic mass is 16.1. The molecule has 1 rings (SSSR count). The van der Waals surface area contributed by atoms with E-state index < -0.39 is 0 Å². The Balaban J connectivity index is 2.14. The second-order valence-corrected chi connectivity index (χ2v) is 3.43. The van der Waals surface area contributed by atoms with Crippen molar-refractivity contribution in [3.05, 3.63) is 0 Å². The van der Waals surface area contributed by atoms with Crippen molar-refractivity contribution in [1.29, 1.82) is 0 Å². The fourth-order valence-corrected chi connectivity index (χ4v) is 1.42. The van der Waals surface area contributed by atoms with E-state index in [-0.39, 0.29) is 5.91 Å². The highest BCUT2D eigenvalue weighted by Gasteiger charge is 2.18. The molecule has 0 aromatic carbocycles. The Morgan fingerprint density at radius 1 is 1.75 bits per heavy atom. The number of nitrogens with zero attached hydrogens (tertiary/aromatic N) is 1. The van der Waals surface area contributed by atoms with Crippen LogP contribution in [-0.2, 0) is 4.79 Å². The third kappa shape index (κ3) is 2.64. The number of rotatable bonds is 3. The molecule has 0 saturated heterocycles. The van der Waals surface area contributed by atoms with Gasteiger partial charge >= 0.3 is 0 Å². The van der Waals surface area contributed by atoms with Crippen molar-refractivity contribution in [2.75, 3.05) is 13.1 Å². The van der Waals surface area contributed by atoms with Gasteiger partial charge in [0.25, 0.3) is 0 Å². The van der Waals surface area contributed by atoms with Gasteiger partial charge in [-0.05, 0) is 18.3 Å². The van der Waals surface area contributed by atoms with Crippen LogP contribution in [0.4, 0.5) is 0 Å². The van der Waals surface area contributed by atoms with Gasteiger partial charge in [0.15, 0.2) is 0 Å². The normalized spacial score (nSPS) is 27.5. The van der Waals surface area contributed by atoms with E-state index >= 15 is 0 Å². The van der Waals surface area contributed by atoms with E-state index in [4.69, 9.17) is 0 Å². The Labute approximate surface area is 73.3 Å². The summed E-state index contributed by atoms with van der Waals surface area (Å²) >= 11 is 0. The lowest BCUT2D eigenvalue weighted by atomic mass is 9.95. The summed E-state index contributed by atoms with van der Waals surface area (Å²) in [5.41, 5.74) is 0. The first-order valence-electron chi connectivity index (χ1n) is 4.44. The fourth-order valence-electron chi connectivity index (χ4n) is 1.42. The molecule has 1 heterocycles. The van der Waals surface area contributed by atoms with Crippen LogP contribution in [0.2, 0.25) is 0 Å². The Morgan fingerprint density at radius 2 is 2.50 bits per heavy atom. The zero-order valence-corrected chi connectivity index (χ0v) is 7.71. The molecule has 1 N–H and O–H groups in total. The molecule has 2 atom stereocenters. The molecule has 1 amide bonds. The zero-order chi connectivity index (χ0) is 8.97. The van der Waals surface area contributed by atoms with Crippen molar-refractivity contribution >= 4 is 12.1 Å². The minimum absolute atomic E-state index is 0.0533. The van der Waals surface area contributed by atoms with Crippen LogP contribution in [0.25, 0.3) is 0 Å². The molecule has 0 radical (unpaired) electrons. The van der Waals surface area contributed by atoms with Gasteiger partial charge in [0.05, 0.1) is 0 Å². The Kier molecular flexibility index (Phi) is 3.26. The Morgan fingerprint density at radius 3 is 3.00 bits per heavy atom. The van der Waals surface area contributed by atoms with Crippen molar-refractivity contribution in [3.8, 4) is 0 Å². The molecular weight excluding hydrogens is 152 g/mol. The molecule has 0 aromatic rings. The topological polar surface area (TPSA) is 41.5 Å². The predicted octanol–water partition coefficient (Wildman–Crippen LogP) is 0.849. The van der Waals surface area contributed by atoms with Crippen LogP contribution in [-0.4, -0.2) is 25.2 Å². The summed E-state index contributed by atoms with van der Waals surface area (Å²) in [4.78, 5) is 14.8. The minimum Gasteiger partial charge on any atom is -0.356 e. The third-order valence-corrected chi connectivity index (χ3v) is 2.27. The summed E-state index contributed by atoms with van der Waals surface area (Å²) in [7, 11) is 0. The number of carbonyl (C=O) groups is 1. The molecule has 3 nitrogen and oxygen atoms in total. The fraction of sp³-hybridized carbons (Fsp3) is 0.778. The van der Waals surface area contributed by atoms with Gasteiger partial charge in [-0.15, -0.1) is 0 Å². The maximum Gasteiger partial charge on any atom is 0.216 e. The summed E-state index contributed by atoms with van der Waals surface area (Å²) in [5, 5.41) is 2.79. The predicted molar refractivity (Wildman–Crippen MR) is 49.3 cm³/mol. The van der Waals surface area contributed by atoms with Gasteiger partial charge in [-0.25, -0.2) is 0 Å². The van der Waals surface area contributed by atoms with Gasteiger partial charge in [-0.3, -0.25) is 9.79 Å². The molecule has 0 aliphatic carbocycles. The van der Waals surface area contributed by atoms with Crippen LogP contribution in [0.1, 0.15) is 20.3 Å². The summed E-state index contributed by atoms with van der Waals surface area (Å²) < 4.78 is 0. The number of hydrogen-bond donors (Lipinski definition) is 1. The first-order chi connectivity index (χ1) is 5.70. The van der Waals surface area contributed by atoms with Gasteiger partial charge in [0.1, 0.15) is 0 Å². The molecule has 0 aromatic heterocycles. The molecule has 0 fully saturated rings. The van der Waals surface area contributed by atoms with Crippen LogP contribution in [0.15, 0.2) is 4.99 Å². The van der Waals surface area contributed by atoms with Gasteiger partial charge in [0.2, 0.25) is 5.91 Å². The SMILES string of the molecule is CC(=O)NCCC1C=NCC1C. The highest BCUT2D eigenvalue weighted by Crippen LogP contribution is 2.18. The molecule has 68 valence electrons. The number of amides is 1. The van der Waals surface area contributed by atoms with Crippen molar-refractivity contribution < 1.29 is 4.79 Å². The molecule has 1 aliphatic rings. The highest BCUT2D eigenvalue weighted by molar-refractivity contribution is 5.72. The van der Waals surface area contributed by atoms with E-state index in [0.717, 1.165) is 19.5 Å². The van der Waals surface area contributed by atoms with Crippen LogP contribution >= 0.6 is 0 Å². The average molecular weight is 168 g/mol. The Hall–Kier alpha value is -0.860. The van der Waals surface area contributed by atoms with Crippen LogP contribution in [0.3, 0.4) is 0 Å². The van der Waals surface area contributed by atoms with E-state index in [1.54, 1.807) is 6.92 Å². The van der Waals surface area contributed by atoms with E-state index in [1.165, 1.54) is 0 Å². The number of nitrogens with one attached hydrogen (secondary N) is 1. The summed E-state index contributed by atoms with van der Waals surface area (Å²) in [6, 6.07) is 0. The molecule has 1 aliphatic heterocycles. The van der Waals surface area contributed by atoms with Gasteiger partial charge in [0, 0.05) is 26.2 Å². The number of hydrogen-bond acceptors (Lipinski definition) is 2. The van der Waals surface area contributed by atoms with E-state index in [0.29, 0.717) is 11.8 Å². The summed E-state index contributed by atoms with van der Waals surface area (Å²) in [6.45, 7) is 5.47. The second-order valence-electron chi connectivity index (χ2n) is 3.43. The zero-order valence-electron chi connectivity index (χ0n) is 7.71. The summed E-state index contributed by atoms with van der Waals surface area (Å²) in [6.07, 6.45) is 3.04. The molecule has 2 unspecified atom stereocenters. The van der Waals surface area contributed by atoms with Crippen LogP contribution < -0.4 is 5.32 Å². The minimum atomic E-state index is 0.0533. The lowest BCUT2D eigenvalue weighted by molar-refractivity contribution is -0.118. The first-order valence-corrected chi connectivity index (χ1v) is 4.44. The first kappa shape index (κ1) is 9.23. The van der Waals surface area contributed by atoms with Crippen LogP contribution in [0.5, 0.6) is 0 Å². The van der Waals surface area contributed by atoms with Crippen molar-refractivity contribution in [2.45, 2.75) is 20.3 Å². The monoisotopic (exact) mass is 168 g/mol. The molecule has 12 heavy (non-hydrogen) atoms. The van der Waals surface area contributed by atoms with E-state index in [9.17, 15) is 4.79 Å². The third-order valence-electron chi connectivity index (χ3n) is 2.27. The van der Waals surface area contributed by atoms with Crippen molar-refractivity contribution in [1.82, 2.24) is 5.32 Å². The molecule has 0 saturated carbocycles. The number of carbonyl (C=O) groups excluding carboxylic acids is 1. The van der Waals surface area contributed by atoms with Crippen LogP contribution in [0, 0.1) is 11.8 Å². The second kappa shape index (κ2) is 4.24. The molecular formula is C9H16N2O. The van der Waals surface area contributed by atoms with E-state index in [1.807, 2.05) is 6.21 Å². The molecule has 0 spiro atoms. The van der Waals surface area contributed by atoms with Gasteiger partial charge in [-0.1, -0.05) is 6.92 Å². The average Bonchev–Trinajstić information content (AvgIpc) is 2.36. The lowest BCUT2D eigenvalue weighted by Gasteiger charge is -2.12. The summed E-state index contributed by atoms with van der Waals surface area (Å²) in [5.74, 6) is 1.27. The maximum absolute atomic E-state index is 10.6. The standard InChI is InChI=1S/C9H16N2O/c1-7-5-10-6-9(7)3-4-11-8(2)12/h6-7,9H,3-5H2,1-2H3,(H,11,12). The Bertz CT molecular complexity index is 189. The van der Waals surface area contributed by atoms with Gasteiger partial charge < -0.3 is 5.32 Å². The maximum atomic E-state index is 10.6. The molecule has 3 heteroatoms. The smallest absolute Gasteiger partial charge is 0.216 e. The quantitative estimate of drug-likeness (QED) is 0.667. The van der Waals surface area contributed by atoms with Gasteiger partial charge in [-0.2, -0.15) is 0 Å². The lowest BCUT2D eigenvalue weighted by Crippen LogP contribution is -2.24. The van der Waals surface area contributed by atoms with Crippen molar-refractivity contribution in [2.24, 2.45) is 16.8 Å². The van der Waals surface area contributed by atoms with Crippen molar-refractivity contribution in [3.63, 3.8) is 0 Å². The number of aliphatic imine (C=N–C) groups is 1. The largest absolute Gasteiger partial charge is 0.356 e. The molecule has 0 bridgehead atoms. The van der Waals surface area contributed by atoms with E-state index in [2.05, 4.69) is 17.2 Å².